The number of halogens is 4. The van der Waals surface area contributed by atoms with E-state index in [0.717, 1.165) is 45.4 Å². The van der Waals surface area contributed by atoms with Gasteiger partial charge in [0.25, 0.3) is 23.6 Å². The number of benzene rings is 1. The van der Waals surface area contributed by atoms with Crippen molar-refractivity contribution in [2.24, 2.45) is 45.0 Å². The molecule has 20 heteroatoms. The molecule has 2 aliphatic heterocycles. The summed E-state index contributed by atoms with van der Waals surface area (Å²) < 4.78 is 57.4. The van der Waals surface area contributed by atoms with Gasteiger partial charge >= 0.3 is 11.9 Å². The normalized spacial score (nSPS) is 14.5. The first-order valence-corrected chi connectivity index (χ1v) is 25.1. The van der Waals surface area contributed by atoms with E-state index in [1.165, 1.54) is 37.8 Å². The van der Waals surface area contributed by atoms with E-state index in [1.54, 1.807) is 34.6 Å². The molecule has 0 unspecified atom stereocenters. The van der Waals surface area contributed by atoms with E-state index >= 15 is 0 Å². The van der Waals surface area contributed by atoms with Gasteiger partial charge in [-0.15, -0.1) is 5.06 Å². The van der Waals surface area contributed by atoms with Crippen LogP contribution >= 0.6 is 0 Å². The van der Waals surface area contributed by atoms with E-state index in [-0.39, 0.29) is 70.5 Å². The van der Waals surface area contributed by atoms with Crippen molar-refractivity contribution in [1.29, 1.82) is 0 Å². The number of imide groups is 2. The van der Waals surface area contributed by atoms with Crippen LogP contribution in [0.25, 0.3) is 0 Å². The summed E-state index contributed by atoms with van der Waals surface area (Å²) in [7, 11) is 0. The molecule has 4 N–H and O–H groups in total. The highest BCUT2D eigenvalue weighted by molar-refractivity contribution is 6.13. The fourth-order valence-electron chi connectivity index (χ4n) is 6.64. The summed E-state index contributed by atoms with van der Waals surface area (Å²) >= 11 is 0. The fraction of sp³-hybridized carbons (Fsp3) is 0.673. The number of amides is 4. The number of unbranched alkanes of at least 4 members (excludes halogenated alkanes) is 2. The van der Waals surface area contributed by atoms with Crippen molar-refractivity contribution in [3.05, 3.63) is 41.0 Å². The Labute approximate surface area is 441 Å². The first-order valence-electron chi connectivity index (χ1n) is 25.1. The molecule has 0 saturated carbocycles. The minimum atomic E-state index is -1.87. The highest BCUT2D eigenvalue weighted by Crippen LogP contribution is 2.32. The fourth-order valence-corrected chi connectivity index (χ4v) is 6.64. The van der Waals surface area contributed by atoms with E-state index in [1.807, 2.05) is 62.3 Å². The van der Waals surface area contributed by atoms with Crippen LogP contribution in [0.4, 0.5) is 17.6 Å². The lowest BCUT2D eigenvalue weighted by Gasteiger charge is -2.29. The lowest BCUT2D eigenvalue weighted by atomic mass is 9.79. The largest absolute Gasteiger partial charge is 0.420 e. The third-order valence-corrected chi connectivity index (χ3v) is 10.8. The molecular formula is C55H86F4N4O12. The molecule has 75 heavy (non-hydrogen) atoms. The first-order chi connectivity index (χ1) is 33.9. The van der Waals surface area contributed by atoms with Crippen molar-refractivity contribution >= 4 is 58.7 Å². The summed E-state index contributed by atoms with van der Waals surface area (Å²) in [6.07, 6.45) is 8.86. The van der Waals surface area contributed by atoms with Crippen LogP contribution in [0.3, 0.4) is 0 Å². The molecular weight excluding hydrogens is 985 g/mol. The summed E-state index contributed by atoms with van der Waals surface area (Å²) in [6.45, 7) is 31.6. The standard InChI is InChI=1S/2C13H25NO2.C12H12F4O2.C9H13NO4.C8H11NO2/c2*1-10(15)9-11(7-5-6-8-14)12(16)13(2,3)4;1-5-6(13)8(15)9(16)10(7(5)14)18-11(17)12(2,3)4;1-9(2,3)8(13)14-10-6(11)4-5-7(10)12;1-8(2,3)9-6(10)4-5-7(9)11/h2*11H,5-9,14H2,1-4H3;1-4H3;4-5H2,1-3H3;4-5H,1-3H3/t2*11-;;;/m10.../s1. The minimum absolute atomic E-state index is 0.0929. The zero-order chi connectivity index (χ0) is 59.4. The van der Waals surface area contributed by atoms with Crippen molar-refractivity contribution in [3.8, 4) is 5.75 Å². The number of nitrogens with zero attached hydrogens (tertiary/aromatic N) is 2. The topological polar surface area (TPSA) is 248 Å². The lowest BCUT2D eigenvalue weighted by Crippen LogP contribution is -2.45. The molecule has 2 atom stereocenters. The van der Waals surface area contributed by atoms with Crippen molar-refractivity contribution in [2.45, 2.75) is 194 Å². The van der Waals surface area contributed by atoms with E-state index in [4.69, 9.17) is 16.3 Å². The smallest absolute Gasteiger partial charge is 0.338 e. The number of hydroxylamine groups is 2. The number of ether oxygens (including phenoxy) is 1. The Bertz CT molecular complexity index is 2110. The van der Waals surface area contributed by atoms with E-state index in [9.17, 15) is 65.5 Å². The summed E-state index contributed by atoms with van der Waals surface area (Å²) in [4.78, 5) is 120. The quantitative estimate of drug-likeness (QED) is 0.0298. The number of carbonyl (C=O) groups is 10. The molecule has 426 valence electrons. The second-order valence-electron chi connectivity index (χ2n) is 23.6. The van der Waals surface area contributed by atoms with Crippen LogP contribution in [-0.4, -0.2) is 87.3 Å². The molecule has 0 aromatic heterocycles. The summed E-state index contributed by atoms with van der Waals surface area (Å²) in [5, 5.41) is 0.563. The molecule has 16 nitrogen and oxygen atoms in total. The average Bonchev–Trinajstić information content (AvgIpc) is 3.79. The maximum atomic E-state index is 13.5. The number of esters is 1. The van der Waals surface area contributed by atoms with Crippen LogP contribution < -0.4 is 16.2 Å². The molecule has 1 aromatic rings. The van der Waals surface area contributed by atoms with Gasteiger partial charge in [0.2, 0.25) is 11.6 Å². The van der Waals surface area contributed by atoms with Gasteiger partial charge in [0.15, 0.2) is 17.5 Å². The predicted molar refractivity (Wildman–Crippen MR) is 276 cm³/mol. The molecule has 0 spiro atoms. The van der Waals surface area contributed by atoms with E-state index in [0.29, 0.717) is 31.0 Å². The zero-order valence-corrected chi connectivity index (χ0v) is 47.8. The third-order valence-electron chi connectivity index (χ3n) is 10.8. The zero-order valence-electron chi connectivity index (χ0n) is 47.8. The molecule has 4 amide bonds. The van der Waals surface area contributed by atoms with Crippen LogP contribution in [0.1, 0.15) is 187 Å². The average molecular weight is 1070 g/mol. The molecule has 1 saturated heterocycles. The Morgan fingerprint density at radius 2 is 0.907 bits per heavy atom. The minimum Gasteiger partial charge on any atom is -0.420 e. The van der Waals surface area contributed by atoms with Crippen LogP contribution in [0.2, 0.25) is 0 Å². The summed E-state index contributed by atoms with van der Waals surface area (Å²) in [5.41, 5.74) is 7.24. The van der Waals surface area contributed by atoms with Crippen LogP contribution in [0.15, 0.2) is 12.2 Å². The van der Waals surface area contributed by atoms with Gasteiger partial charge in [-0.2, -0.15) is 4.39 Å². The van der Waals surface area contributed by atoms with Gasteiger partial charge in [-0.25, -0.2) is 18.0 Å². The van der Waals surface area contributed by atoms with Gasteiger partial charge in [-0.1, -0.05) is 54.4 Å². The Morgan fingerprint density at radius 1 is 0.547 bits per heavy atom. The van der Waals surface area contributed by atoms with Gasteiger partial charge in [-0.3, -0.25) is 38.5 Å². The Morgan fingerprint density at radius 3 is 1.19 bits per heavy atom. The number of carbonyl (C=O) groups excluding carboxylic acids is 10. The molecule has 2 aliphatic rings. The van der Waals surface area contributed by atoms with Gasteiger partial charge in [0.1, 0.15) is 23.1 Å². The second-order valence-corrected chi connectivity index (χ2v) is 23.6. The van der Waals surface area contributed by atoms with Gasteiger partial charge in [-0.05, 0) is 122 Å². The molecule has 2 heterocycles. The highest BCUT2D eigenvalue weighted by Gasteiger charge is 2.37. The number of ketones is 4. The Hall–Kier alpha value is -5.50. The van der Waals surface area contributed by atoms with Crippen LogP contribution in [0, 0.1) is 63.7 Å². The highest BCUT2D eigenvalue weighted by atomic mass is 19.2. The van der Waals surface area contributed by atoms with Gasteiger partial charge < -0.3 is 30.6 Å². The second kappa shape index (κ2) is 30.9. The number of hydrogen-bond acceptors (Lipinski definition) is 14. The maximum Gasteiger partial charge on any atom is 0.338 e. The first kappa shape index (κ1) is 71.6. The molecule has 0 aliphatic carbocycles. The van der Waals surface area contributed by atoms with Crippen molar-refractivity contribution < 1.29 is 75.1 Å². The third kappa shape index (κ3) is 25.7. The number of hydrogen-bond donors (Lipinski definition) is 2. The SMILES string of the molecule is CC(=O)C[C@@H](CCCCN)C(=O)C(C)(C)C.CC(=O)C[C@H](CCCCN)C(=O)C(C)(C)C.CC(C)(C)C(=O)ON1C(=O)CCC1=O.CC(C)(C)N1C(=O)C=CC1=O.Cc1c(F)c(F)c(F)c(OC(=O)C(C)(C)C)c1F. The summed E-state index contributed by atoms with van der Waals surface area (Å²) in [6, 6.07) is 0. The lowest BCUT2D eigenvalue weighted by molar-refractivity contribution is -0.203. The Balaban J connectivity index is 0. The van der Waals surface area contributed by atoms with Gasteiger partial charge in [0, 0.05) is 71.6 Å². The monoisotopic (exact) mass is 1070 g/mol. The Kier molecular flexibility index (Phi) is 29.5. The van der Waals surface area contributed by atoms with E-state index < -0.39 is 74.7 Å². The number of rotatable bonds is 16. The number of nitrogens with two attached hydrogens (primary N) is 2. The van der Waals surface area contributed by atoms with Crippen LogP contribution in [-0.2, 0) is 52.8 Å². The van der Waals surface area contributed by atoms with Crippen molar-refractivity contribution in [3.63, 3.8) is 0 Å². The van der Waals surface area contributed by atoms with Crippen LogP contribution in [0.5, 0.6) is 5.75 Å². The molecule has 1 fully saturated rings. The van der Waals surface area contributed by atoms with Crippen molar-refractivity contribution in [2.75, 3.05) is 13.1 Å². The molecule has 0 bridgehead atoms. The van der Waals surface area contributed by atoms with Crippen molar-refractivity contribution in [1.82, 2.24) is 9.96 Å². The van der Waals surface area contributed by atoms with Gasteiger partial charge in [0.05, 0.1) is 10.8 Å². The molecule has 3 rings (SSSR count). The van der Waals surface area contributed by atoms with E-state index in [2.05, 4.69) is 4.74 Å². The summed E-state index contributed by atoms with van der Waals surface area (Å²) in [5.74, 6) is -10.6. The number of Topliss-reactive ketones (excluding diaryl/α,β-unsaturated/α-hetero) is 4. The molecule has 0 radical (unpaired) electrons. The predicted octanol–water partition coefficient (Wildman–Crippen LogP) is 9.50. The molecule has 1 aromatic carbocycles. The maximum absolute atomic E-state index is 13.5.